The molecule has 0 fully saturated rings. The maximum absolute atomic E-state index is 13.2. The summed E-state index contributed by atoms with van der Waals surface area (Å²) in [6, 6.07) is 12.1. The van der Waals surface area contributed by atoms with E-state index in [-0.39, 0.29) is 23.4 Å². The number of Topliss-reactive ketones (excluding diaryl/α,β-unsaturated/α-hetero) is 2. The van der Waals surface area contributed by atoms with Crippen molar-refractivity contribution in [1.82, 2.24) is 0 Å². The molecule has 4 heteroatoms. The van der Waals surface area contributed by atoms with E-state index in [1.807, 2.05) is 44.4 Å². The van der Waals surface area contributed by atoms with Gasteiger partial charge in [0.05, 0.1) is 0 Å². The van der Waals surface area contributed by atoms with E-state index in [0.717, 1.165) is 39.3 Å². The first-order valence-electron chi connectivity index (χ1n) is 10.5. The lowest BCUT2D eigenvalue weighted by atomic mass is 9.80. The van der Waals surface area contributed by atoms with E-state index in [9.17, 15) is 9.59 Å². The van der Waals surface area contributed by atoms with Crippen LogP contribution in [0.3, 0.4) is 0 Å². The zero-order valence-corrected chi connectivity index (χ0v) is 20.3. The van der Waals surface area contributed by atoms with Gasteiger partial charge in [0.15, 0.2) is 17.2 Å². The van der Waals surface area contributed by atoms with Crippen LogP contribution in [0.4, 0.5) is 0 Å². The number of ether oxygens (including phenoxy) is 1. The molecule has 3 nitrogen and oxygen atoms in total. The van der Waals surface area contributed by atoms with Gasteiger partial charge in [0.25, 0.3) is 0 Å². The first-order chi connectivity index (χ1) is 14.0. The maximum atomic E-state index is 13.2. The molecular weight excluding hydrogens is 392 g/mol. The minimum absolute atomic E-state index is 0.0112. The average Bonchev–Trinajstić information content (AvgIpc) is 2.70. The molecule has 2 atom stereocenters. The second-order valence-electron chi connectivity index (χ2n) is 8.55. The van der Waals surface area contributed by atoms with Gasteiger partial charge in [-0.25, -0.2) is 0 Å². The molecule has 2 aromatic rings. The molecular formula is C26H34O3S. The van der Waals surface area contributed by atoms with Crippen molar-refractivity contribution in [3.8, 4) is 5.75 Å². The van der Waals surface area contributed by atoms with Crippen LogP contribution >= 0.6 is 11.8 Å². The second-order valence-corrected chi connectivity index (χ2v) is 9.43. The number of hydrogen-bond acceptors (Lipinski definition) is 4. The van der Waals surface area contributed by atoms with Gasteiger partial charge in [-0.05, 0) is 82.0 Å². The summed E-state index contributed by atoms with van der Waals surface area (Å²) in [4.78, 5) is 26.3. The number of carbonyl (C=O) groups is 2. The number of benzene rings is 2. The fourth-order valence-electron chi connectivity index (χ4n) is 3.70. The third-order valence-corrected chi connectivity index (χ3v) is 6.71. The van der Waals surface area contributed by atoms with Crippen LogP contribution in [0.25, 0.3) is 0 Å². The predicted molar refractivity (Wildman–Crippen MR) is 126 cm³/mol. The first kappa shape index (κ1) is 24.2. The normalized spacial score (nSPS) is 13.6. The molecule has 162 valence electrons. The highest BCUT2D eigenvalue weighted by atomic mass is 32.2. The van der Waals surface area contributed by atoms with Gasteiger partial charge >= 0.3 is 0 Å². The Labute approximate surface area is 185 Å². The largest absolute Gasteiger partial charge is 0.480 e. The monoisotopic (exact) mass is 426 g/mol. The van der Waals surface area contributed by atoms with E-state index in [0.29, 0.717) is 0 Å². The van der Waals surface area contributed by atoms with Gasteiger partial charge in [0, 0.05) is 16.4 Å². The SMILES string of the molecule is CC[C@H](C(=O)c1ccc(SC)cc1)[C@H](C)c1cc(C)c(OC(C)(C)C(C)=O)c(C)c1. The van der Waals surface area contributed by atoms with Crippen LogP contribution in [0.1, 0.15) is 74.0 Å². The maximum Gasteiger partial charge on any atom is 0.172 e. The molecule has 0 aliphatic heterocycles. The zero-order chi connectivity index (χ0) is 22.6. The van der Waals surface area contributed by atoms with Gasteiger partial charge in [-0.15, -0.1) is 11.8 Å². The van der Waals surface area contributed by atoms with Gasteiger partial charge < -0.3 is 4.74 Å². The van der Waals surface area contributed by atoms with E-state index >= 15 is 0 Å². The third kappa shape index (κ3) is 5.34. The van der Waals surface area contributed by atoms with Crippen molar-refractivity contribution in [3.63, 3.8) is 0 Å². The van der Waals surface area contributed by atoms with Crippen LogP contribution in [0.15, 0.2) is 41.3 Å². The summed E-state index contributed by atoms with van der Waals surface area (Å²) < 4.78 is 6.07. The predicted octanol–water partition coefficient (Wildman–Crippen LogP) is 6.78. The Morgan fingerprint density at radius 2 is 1.60 bits per heavy atom. The van der Waals surface area contributed by atoms with Crippen LogP contribution in [-0.2, 0) is 4.79 Å². The molecule has 0 radical (unpaired) electrons. The van der Waals surface area contributed by atoms with Crippen molar-refractivity contribution >= 4 is 23.3 Å². The summed E-state index contributed by atoms with van der Waals surface area (Å²) in [5.74, 6) is 0.909. The Hall–Kier alpha value is -2.07. The third-order valence-electron chi connectivity index (χ3n) is 5.97. The van der Waals surface area contributed by atoms with Crippen LogP contribution < -0.4 is 4.74 Å². The molecule has 0 spiro atoms. The number of carbonyl (C=O) groups excluding carboxylic acids is 2. The fourth-order valence-corrected chi connectivity index (χ4v) is 4.11. The molecule has 0 aliphatic rings. The fraction of sp³-hybridized carbons (Fsp3) is 0.462. The highest BCUT2D eigenvalue weighted by Crippen LogP contribution is 2.35. The quantitative estimate of drug-likeness (QED) is 0.327. The Balaban J connectivity index is 2.32. The van der Waals surface area contributed by atoms with Gasteiger partial charge in [-0.3, -0.25) is 9.59 Å². The number of aryl methyl sites for hydroxylation is 2. The zero-order valence-electron chi connectivity index (χ0n) is 19.5. The van der Waals surface area contributed by atoms with Crippen molar-refractivity contribution < 1.29 is 14.3 Å². The first-order valence-corrected chi connectivity index (χ1v) is 11.7. The minimum atomic E-state index is -0.868. The highest BCUT2D eigenvalue weighted by molar-refractivity contribution is 7.98. The number of ketones is 2. The lowest BCUT2D eigenvalue weighted by molar-refractivity contribution is -0.129. The van der Waals surface area contributed by atoms with Crippen molar-refractivity contribution in [1.29, 1.82) is 0 Å². The Morgan fingerprint density at radius 1 is 1.07 bits per heavy atom. The van der Waals surface area contributed by atoms with E-state index in [2.05, 4.69) is 26.0 Å². The molecule has 0 heterocycles. The second kappa shape index (κ2) is 9.82. The summed E-state index contributed by atoms with van der Waals surface area (Å²) in [5, 5.41) is 0. The van der Waals surface area contributed by atoms with Crippen LogP contribution in [0, 0.1) is 19.8 Å². The summed E-state index contributed by atoms with van der Waals surface area (Å²) in [5.41, 5.74) is 2.99. The highest BCUT2D eigenvalue weighted by Gasteiger charge is 2.29. The van der Waals surface area contributed by atoms with Crippen molar-refractivity contribution in [2.45, 2.75) is 71.3 Å². The summed E-state index contributed by atoms with van der Waals surface area (Å²) in [6.45, 7) is 13.3. The smallest absolute Gasteiger partial charge is 0.172 e. The Bertz CT molecular complexity index is 889. The van der Waals surface area contributed by atoms with Gasteiger partial charge in [0.1, 0.15) is 5.75 Å². The van der Waals surface area contributed by atoms with E-state index in [1.165, 1.54) is 0 Å². The molecule has 30 heavy (non-hydrogen) atoms. The average molecular weight is 427 g/mol. The molecule has 0 saturated carbocycles. The number of thioether (sulfide) groups is 1. The van der Waals surface area contributed by atoms with E-state index in [1.54, 1.807) is 32.5 Å². The molecule has 0 aromatic heterocycles. The molecule has 0 unspecified atom stereocenters. The topological polar surface area (TPSA) is 43.4 Å². The molecule has 0 N–H and O–H groups in total. The molecule has 0 saturated heterocycles. The van der Waals surface area contributed by atoms with Crippen LogP contribution in [0.5, 0.6) is 5.75 Å². The minimum Gasteiger partial charge on any atom is -0.480 e. The van der Waals surface area contributed by atoms with E-state index < -0.39 is 5.60 Å². The van der Waals surface area contributed by atoms with Crippen LogP contribution in [0.2, 0.25) is 0 Å². The van der Waals surface area contributed by atoms with Gasteiger partial charge in [-0.1, -0.05) is 38.1 Å². The Kier molecular flexibility index (Phi) is 7.93. The van der Waals surface area contributed by atoms with Crippen molar-refractivity contribution in [2.75, 3.05) is 6.26 Å². The molecule has 0 aliphatic carbocycles. The molecule has 2 aromatic carbocycles. The Morgan fingerprint density at radius 3 is 2.03 bits per heavy atom. The lowest BCUT2D eigenvalue weighted by Crippen LogP contribution is -2.36. The molecule has 0 amide bonds. The summed E-state index contributed by atoms with van der Waals surface area (Å²) in [7, 11) is 0. The van der Waals surface area contributed by atoms with Crippen molar-refractivity contribution in [2.24, 2.45) is 5.92 Å². The number of hydrogen-bond donors (Lipinski definition) is 0. The van der Waals surface area contributed by atoms with E-state index in [4.69, 9.17) is 4.74 Å². The van der Waals surface area contributed by atoms with Gasteiger partial charge in [0.2, 0.25) is 0 Å². The molecule has 0 bridgehead atoms. The standard InChI is InChI=1S/C26H34O3S/c1-9-23(24(28)20-10-12-22(30-8)13-11-20)18(4)21-14-16(2)25(17(3)15-21)29-26(6,7)19(5)27/h10-15,18,23H,9H2,1-8H3/t18-,23+/m1/s1. The summed E-state index contributed by atoms with van der Waals surface area (Å²) in [6.07, 6.45) is 2.81. The lowest BCUT2D eigenvalue weighted by Gasteiger charge is -2.28. The number of rotatable bonds is 9. The van der Waals surface area contributed by atoms with Crippen molar-refractivity contribution in [3.05, 3.63) is 58.7 Å². The van der Waals surface area contributed by atoms with Crippen LogP contribution in [-0.4, -0.2) is 23.4 Å². The summed E-state index contributed by atoms with van der Waals surface area (Å²) >= 11 is 1.67. The molecule has 2 rings (SSSR count). The van der Waals surface area contributed by atoms with Gasteiger partial charge in [-0.2, -0.15) is 0 Å².